The van der Waals surface area contributed by atoms with Gasteiger partial charge in [-0.2, -0.15) is 0 Å². The average Bonchev–Trinajstić information content (AvgIpc) is 2.68. The third-order valence-electron chi connectivity index (χ3n) is 4.47. The number of anilines is 1. The van der Waals surface area contributed by atoms with Crippen molar-refractivity contribution in [3.8, 4) is 0 Å². The van der Waals surface area contributed by atoms with Crippen LogP contribution < -0.4 is 4.90 Å². The van der Waals surface area contributed by atoms with Gasteiger partial charge in [0.25, 0.3) is 5.91 Å². The fourth-order valence-electron chi connectivity index (χ4n) is 3.15. The van der Waals surface area contributed by atoms with Gasteiger partial charge in [0, 0.05) is 32.4 Å². The monoisotopic (exact) mass is 333 g/mol. The molecule has 1 fully saturated rings. The number of para-hydroxylation sites is 2. The van der Waals surface area contributed by atoms with Crippen LogP contribution >= 0.6 is 0 Å². The number of amides is 1. The van der Waals surface area contributed by atoms with E-state index in [9.17, 15) is 4.79 Å². The van der Waals surface area contributed by atoms with Gasteiger partial charge in [0.15, 0.2) is 5.82 Å². The van der Waals surface area contributed by atoms with E-state index >= 15 is 0 Å². The maximum atomic E-state index is 12.5. The Labute approximate surface area is 146 Å². The zero-order valence-corrected chi connectivity index (χ0v) is 14.1. The van der Waals surface area contributed by atoms with Gasteiger partial charge in [0.2, 0.25) is 0 Å². The van der Waals surface area contributed by atoms with Crippen LogP contribution in [-0.2, 0) is 0 Å². The molecule has 0 aliphatic carbocycles. The van der Waals surface area contributed by atoms with Crippen molar-refractivity contribution < 1.29 is 4.79 Å². The van der Waals surface area contributed by atoms with Crippen LogP contribution in [0.2, 0.25) is 0 Å². The van der Waals surface area contributed by atoms with Crippen molar-refractivity contribution in [1.82, 2.24) is 19.9 Å². The Morgan fingerprint density at radius 3 is 2.28 bits per heavy atom. The normalized spacial score (nSPS) is 14.8. The number of carbonyl (C=O) groups is 1. The molecule has 1 aliphatic heterocycles. The minimum absolute atomic E-state index is 0.0124. The molecule has 0 spiro atoms. The van der Waals surface area contributed by atoms with Gasteiger partial charge in [-0.1, -0.05) is 18.2 Å². The topological polar surface area (TPSA) is 62.2 Å². The number of piperazine rings is 1. The van der Waals surface area contributed by atoms with Crippen LogP contribution in [0.5, 0.6) is 0 Å². The number of aryl methyl sites for hydroxylation is 1. The predicted molar refractivity (Wildman–Crippen MR) is 96.6 cm³/mol. The van der Waals surface area contributed by atoms with E-state index < -0.39 is 0 Å². The summed E-state index contributed by atoms with van der Waals surface area (Å²) in [5.41, 5.74) is 3.23. The van der Waals surface area contributed by atoms with E-state index in [1.807, 2.05) is 48.2 Å². The van der Waals surface area contributed by atoms with Crippen molar-refractivity contribution in [2.75, 3.05) is 31.1 Å². The Morgan fingerprint density at radius 2 is 1.60 bits per heavy atom. The summed E-state index contributed by atoms with van der Waals surface area (Å²) < 4.78 is 0. The number of rotatable bonds is 2. The van der Waals surface area contributed by atoms with E-state index in [1.165, 1.54) is 0 Å². The Bertz CT molecular complexity index is 904. The second kappa shape index (κ2) is 6.47. The van der Waals surface area contributed by atoms with E-state index in [4.69, 9.17) is 4.98 Å². The first-order chi connectivity index (χ1) is 12.2. The fraction of sp³-hybridized carbons (Fsp3) is 0.263. The van der Waals surface area contributed by atoms with E-state index in [1.54, 1.807) is 12.3 Å². The van der Waals surface area contributed by atoms with Crippen LogP contribution in [0.25, 0.3) is 11.0 Å². The Kier molecular flexibility index (Phi) is 4.01. The van der Waals surface area contributed by atoms with Gasteiger partial charge in [0.1, 0.15) is 5.69 Å². The van der Waals surface area contributed by atoms with Crippen LogP contribution in [0.4, 0.5) is 5.82 Å². The molecule has 0 bridgehead atoms. The largest absolute Gasteiger partial charge is 0.352 e. The zero-order valence-electron chi connectivity index (χ0n) is 14.1. The van der Waals surface area contributed by atoms with Crippen molar-refractivity contribution in [3.05, 3.63) is 60.0 Å². The molecule has 4 rings (SSSR count). The van der Waals surface area contributed by atoms with Gasteiger partial charge < -0.3 is 9.80 Å². The fourth-order valence-corrected chi connectivity index (χ4v) is 3.15. The van der Waals surface area contributed by atoms with E-state index in [2.05, 4.69) is 14.9 Å². The highest BCUT2D eigenvalue weighted by atomic mass is 16.2. The molecule has 25 heavy (non-hydrogen) atoms. The van der Waals surface area contributed by atoms with Gasteiger partial charge in [-0.15, -0.1) is 0 Å². The summed E-state index contributed by atoms with van der Waals surface area (Å²) in [6, 6.07) is 13.3. The minimum atomic E-state index is -0.0124. The number of aromatic nitrogens is 3. The number of nitrogens with zero attached hydrogens (tertiary/aromatic N) is 5. The van der Waals surface area contributed by atoms with Crippen molar-refractivity contribution in [2.45, 2.75) is 6.92 Å². The number of fused-ring (bicyclic) bond motifs is 1. The Hall–Kier alpha value is -3.02. The molecule has 0 radical (unpaired) electrons. The highest BCUT2D eigenvalue weighted by Gasteiger charge is 2.24. The van der Waals surface area contributed by atoms with E-state index in [0.29, 0.717) is 18.8 Å². The molecule has 126 valence electrons. The molecule has 1 aromatic carbocycles. The molecule has 0 unspecified atom stereocenters. The van der Waals surface area contributed by atoms with Crippen molar-refractivity contribution in [2.24, 2.45) is 0 Å². The molecule has 0 saturated carbocycles. The molecule has 0 N–H and O–H groups in total. The number of hydrogen-bond donors (Lipinski definition) is 0. The Balaban J connectivity index is 1.50. The van der Waals surface area contributed by atoms with Crippen LogP contribution in [0.1, 0.15) is 16.2 Å². The third-order valence-corrected chi connectivity index (χ3v) is 4.47. The molecule has 1 amide bonds. The molecule has 3 aromatic rings. The van der Waals surface area contributed by atoms with Crippen molar-refractivity contribution in [3.63, 3.8) is 0 Å². The number of pyridine rings is 1. The molecule has 1 saturated heterocycles. The summed E-state index contributed by atoms with van der Waals surface area (Å²) in [5.74, 6) is 0.894. The van der Waals surface area contributed by atoms with E-state index in [-0.39, 0.29) is 5.91 Å². The van der Waals surface area contributed by atoms with Crippen molar-refractivity contribution in [1.29, 1.82) is 0 Å². The number of benzene rings is 1. The minimum Gasteiger partial charge on any atom is -0.352 e. The van der Waals surface area contributed by atoms with E-state index in [0.717, 1.165) is 35.6 Å². The first kappa shape index (κ1) is 15.5. The smallest absolute Gasteiger partial charge is 0.272 e. The molecule has 6 heteroatoms. The molecule has 6 nitrogen and oxygen atoms in total. The maximum Gasteiger partial charge on any atom is 0.272 e. The van der Waals surface area contributed by atoms with Crippen molar-refractivity contribution >= 4 is 22.8 Å². The lowest BCUT2D eigenvalue weighted by Gasteiger charge is -2.35. The molecule has 1 aliphatic rings. The van der Waals surface area contributed by atoms with Gasteiger partial charge in [0.05, 0.1) is 16.7 Å². The predicted octanol–water partition coefficient (Wildman–Crippen LogP) is 2.30. The Morgan fingerprint density at radius 1 is 0.920 bits per heavy atom. The standard InChI is InChI=1S/C19H19N5O/c1-14-18(22-16-7-3-2-6-15(16)21-14)23-10-12-24(13-11-23)19(25)17-8-4-5-9-20-17/h2-9H,10-13H2,1H3. The first-order valence-electron chi connectivity index (χ1n) is 8.41. The lowest BCUT2D eigenvalue weighted by atomic mass is 10.2. The molecular formula is C19H19N5O. The average molecular weight is 333 g/mol. The summed E-state index contributed by atoms with van der Waals surface area (Å²) in [5, 5.41) is 0. The number of hydrogen-bond acceptors (Lipinski definition) is 5. The van der Waals surface area contributed by atoms with Crippen LogP contribution in [-0.4, -0.2) is 51.9 Å². The second-order valence-electron chi connectivity index (χ2n) is 6.12. The quantitative estimate of drug-likeness (QED) is 0.720. The lowest BCUT2D eigenvalue weighted by molar-refractivity contribution is 0.0740. The molecular weight excluding hydrogens is 314 g/mol. The van der Waals surface area contributed by atoms with Gasteiger partial charge in [-0.3, -0.25) is 9.78 Å². The summed E-state index contributed by atoms with van der Waals surface area (Å²) in [6.07, 6.45) is 1.65. The van der Waals surface area contributed by atoms with Gasteiger partial charge in [-0.05, 0) is 31.2 Å². The summed E-state index contributed by atoms with van der Waals surface area (Å²) in [4.78, 5) is 30.1. The molecule has 2 aromatic heterocycles. The van der Waals surface area contributed by atoms with Crippen LogP contribution in [0.15, 0.2) is 48.7 Å². The highest BCUT2D eigenvalue weighted by Crippen LogP contribution is 2.21. The SMILES string of the molecule is Cc1nc2ccccc2nc1N1CCN(C(=O)c2ccccn2)CC1. The third kappa shape index (κ3) is 3.03. The lowest BCUT2D eigenvalue weighted by Crippen LogP contribution is -2.49. The zero-order chi connectivity index (χ0) is 17.2. The highest BCUT2D eigenvalue weighted by molar-refractivity contribution is 5.92. The summed E-state index contributed by atoms with van der Waals surface area (Å²) >= 11 is 0. The molecule has 0 atom stereocenters. The maximum absolute atomic E-state index is 12.5. The molecule has 3 heterocycles. The summed E-state index contributed by atoms with van der Waals surface area (Å²) in [7, 11) is 0. The van der Waals surface area contributed by atoms with Crippen LogP contribution in [0, 0.1) is 6.92 Å². The first-order valence-corrected chi connectivity index (χ1v) is 8.41. The second-order valence-corrected chi connectivity index (χ2v) is 6.12. The van der Waals surface area contributed by atoms with Crippen LogP contribution in [0.3, 0.4) is 0 Å². The summed E-state index contributed by atoms with van der Waals surface area (Å²) in [6.45, 7) is 4.78. The van der Waals surface area contributed by atoms with Gasteiger partial charge >= 0.3 is 0 Å². The van der Waals surface area contributed by atoms with Gasteiger partial charge in [-0.25, -0.2) is 9.97 Å². The number of carbonyl (C=O) groups excluding carboxylic acids is 1.